The van der Waals surface area contributed by atoms with E-state index in [0.717, 1.165) is 0 Å². The monoisotopic (exact) mass is 265 g/mol. The minimum Gasteiger partial charge on any atom is -0.480 e. The van der Waals surface area contributed by atoms with Crippen molar-refractivity contribution >= 4 is 16.0 Å². The van der Waals surface area contributed by atoms with E-state index >= 15 is 0 Å². The standard InChI is InChI=1S/C10H19NO5S/c1-8(2)17(14,15)11-5-3-9(4-6-11)16-7-10(12)13/h8-9H,3-7H2,1-2H3,(H,12,13). The second kappa shape index (κ2) is 5.79. The first kappa shape index (κ1) is 14.4. The largest absolute Gasteiger partial charge is 0.480 e. The van der Waals surface area contributed by atoms with Gasteiger partial charge < -0.3 is 9.84 Å². The summed E-state index contributed by atoms with van der Waals surface area (Å²) in [6, 6.07) is 0. The highest BCUT2D eigenvalue weighted by Crippen LogP contribution is 2.18. The summed E-state index contributed by atoms with van der Waals surface area (Å²) in [4.78, 5) is 10.3. The predicted molar refractivity (Wildman–Crippen MR) is 62.2 cm³/mol. The molecule has 1 N–H and O–H groups in total. The molecule has 0 spiro atoms. The number of carbonyl (C=O) groups is 1. The zero-order valence-corrected chi connectivity index (χ0v) is 10.9. The van der Waals surface area contributed by atoms with Crippen molar-refractivity contribution in [3.63, 3.8) is 0 Å². The van der Waals surface area contributed by atoms with Crippen LogP contribution in [0.15, 0.2) is 0 Å². The van der Waals surface area contributed by atoms with Gasteiger partial charge in [-0.3, -0.25) is 0 Å². The lowest BCUT2D eigenvalue weighted by Gasteiger charge is -2.31. The van der Waals surface area contributed by atoms with Crippen LogP contribution in [0.3, 0.4) is 0 Å². The minimum absolute atomic E-state index is 0.148. The van der Waals surface area contributed by atoms with Gasteiger partial charge in [0.25, 0.3) is 0 Å². The van der Waals surface area contributed by atoms with Crippen molar-refractivity contribution in [1.82, 2.24) is 4.31 Å². The first-order valence-corrected chi connectivity index (χ1v) is 7.16. The normalized spacial score (nSPS) is 19.7. The van der Waals surface area contributed by atoms with Crippen molar-refractivity contribution in [1.29, 1.82) is 0 Å². The quantitative estimate of drug-likeness (QED) is 0.772. The summed E-state index contributed by atoms with van der Waals surface area (Å²) in [6.07, 6.45) is 0.961. The smallest absolute Gasteiger partial charge is 0.329 e. The number of nitrogens with zero attached hydrogens (tertiary/aromatic N) is 1. The number of hydrogen-bond acceptors (Lipinski definition) is 4. The Kier molecular flexibility index (Phi) is 4.91. The van der Waals surface area contributed by atoms with Gasteiger partial charge in [-0.15, -0.1) is 0 Å². The van der Waals surface area contributed by atoms with Crippen LogP contribution in [0.1, 0.15) is 26.7 Å². The molecular weight excluding hydrogens is 246 g/mol. The van der Waals surface area contributed by atoms with Crippen LogP contribution in [0.4, 0.5) is 0 Å². The predicted octanol–water partition coefficient (Wildman–Crippen LogP) is 0.290. The number of ether oxygens (including phenoxy) is 1. The lowest BCUT2D eigenvalue weighted by molar-refractivity contribution is -0.145. The number of carboxylic acid groups (broad SMARTS) is 1. The molecule has 1 heterocycles. The Balaban J connectivity index is 2.43. The molecular formula is C10H19NO5S. The van der Waals surface area contributed by atoms with Gasteiger partial charge in [0.05, 0.1) is 11.4 Å². The topological polar surface area (TPSA) is 83.9 Å². The summed E-state index contributed by atoms with van der Waals surface area (Å²) in [5, 5.41) is 8.05. The molecule has 7 heteroatoms. The van der Waals surface area contributed by atoms with Gasteiger partial charge in [0.1, 0.15) is 6.61 Å². The van der Waals surface area contributed by atoms with Gasteiger partial charge in [-0.05, 0) is 26.7 Å². The maximum Gasteiger partial charge on any atom is 0.329 e. The molecule has 0 aromatic heterocycles. The summed E-state index contributed by atoms with van der Waals surface area (Å²) in [5.41, 5.74) is 0. The summed E-state index contributed by atoms with van der Waals surface area (Å²) in [6.45, 7) is 3.81. The first-order valence-electron chi connectivity index (χ1n) is 5.66. The summed E-state index contributed by atoms with van der Waals surface area (Å²) < 4.78 is 30.3. The number of rotatable bonds is 5. The van der Waals surface area contributed by atoms with E-state index in [-0.39, 0.29) is 12.7 Å². The average Bonchev–Trinajstić information content (AvgIpc) is 2.26. The van der Waals surface area contributed by atoms with Gasteiger partial charge in [0.15, 0.2) is 0 Å². The van der Waals surface area contributed by atoms with Crippen LogP contribution in [-0.2, 0) is 19.6 Å². The Hall–Kier alpha value is -0.660. The molecule has 0 aromatic carbocycles. The van der Waals surface area contributed by atoms with Crippen molar-refractivity contribution in [2.75, 3.05) is 19.7 Å². The number of piperidine rings is 1. The van der Waals surface area contributed by atoms with E-state index in [0.29, 0.717) is 25.9 Å². The number of sulfonamides is 1. The third kappa shape index (κ3) is 3.93. The molecule has 0 atom stereocenters. The maximum atomic E-state index is 11.8. The summed E-state index contributed by atoms with van der Waals surface area (Å²) >= 11 is 0. The summed E-state index contributed by atoms with van der Waals surface area (Å²) in [5.74, 6) is -0.998. The molecule has 1 aliphatic rings. The lowest BCUT2D eigenvalue weighted by Crippen LogP contribution is -2.43. The Bertz CT molecular complexity index is 357. The highest BCUT2D eigenvalue weighted by Gasteiger charge is 2.30. The van der Waals surface area contributed by atoms with E-state index in [1.807, 2.05) is 0 Å². The fraction of sp³-hybridized carbons (Fsp3) is 0.900. The van der Waals surface area contributed by atoms with E-state index < -0.39 is 21.2 Å². The van der Waals surface area contributed by atoms with E-state index in [4.69, 9.17) is 9.84 Å². The molecule has 0 unspecified atom stereocenters. The first-order chi connectivity index (χ1) is 7.84. The van der Waals surface area contributed by atoms with Crippen LogP contribution >= 0.6 is 0 Å². The molecule has 100 valence electrons. The second-order valence-corrected chi connectivity index (χ2v) is 6.89. The molecule has 0 amide bonds. The third-order valence-corrected chi connectivity index (χ3v) is 5.08. The van der Waals surface area contributed by atoms with Crippen LogP contribution in [0.2, 0.25) is 0 Å². The van der Waals surface area contributed by atoms with Crippen LogP contribution in [0.25, 0.3) is 0 Å². The van der Waals surface area contributed by atoms with Crippen molar-refractivity contribution in [3.05, 3.63) is 0 Å². The SMILES string of the molecule is CC(C)S(=O)(=O)N1CCC(OCC(=O)O)CC1. The number of carboxylic acids is 1. The molecule has 1 fully saturated rings. The van der Waals surface area contributed by atoms with Crippen LogP contribution in [0.5, 0.6) is 0 Å². The van der Waals surface area contributed by atoms with Gasteiger partial charge >= 0.3 is 5.97 Å². The Labute approximate surface area is 102 Å². The van der Waals surface area contributed by atoms with Crippen LogP contribution in [-0.4, -0.2) is 54.8 Å². The fourth-order valence-corrected chi connectivity index (χ4v) is 3.06. The zero-order valence-electron chi connectivity index (χ0n) is 10.1. The minimum atomic E-state index is -3.19. The van der Waals surface area contributed by atoms with E-state index in [9.17, 15) is 13.2 Å². The van der Waals surface area contributed by atoms with Crippen molar-refractivity contribution in [2.24, 2.45) is 0 Å². The van der Waals surface area contributed by atoms with E-state index in [1.165, 1.54) is 4.31 Å². The summed E-state index contributed by atoms with van der Waals surface area (Å²) in [7, 11) is -3.19. The van der Waals surface area contributed by atoms with Gasteiger partial charge in [-0.25, -0.2) is 17.5 Å². The molecule has 1 aliphatic heterocycles. The average molecular weight is 265 g/mol. The fourth-order valence-electron chi connectivity index (χ4n) is 1.74. The highest BCUT2D eigenvalue weighted by atomic mass is 32.2. The second-order valence-electron chi connectivity index (χ2n) is 4.40. The Morgan fingerprint density at radius 3 is 2.35 bits per heavy atom. The highest BCUT2D eigenvalue weighted by molar-refractivity contribution is 7.89. The molecule has 0 radical (unpaired) electrons. The number of hydrogen-bond donors (Lipinski definition) is 1. The van der Waals surface area contributed by atoms with Crippen molar-refractivity contribution in [3.8, 4) is 0 Å². The molecule has 1 rings (SSSR count). The van der Waals surface area contributed by atoms with Crippen LogP contribution in [0, 0.1) is 0 Å². The molecule has 0 aliphatic carbocycles. The molecule has 0 bridgehead atoms. The Morgan fingerprint density at radius 1 is 1.41 bits per heavy atom. The molecule has 0 aromatic rings. The van der Waals surface area contributed by atoms with Crippen molar-refractivity contribution in [2.45, 2.75) is 38.0 Å². The molecule has 6 nitrogen and oxygen atoms in total. The lowest BCUT2D eigenvalue weighted by atomic mass is 10.1. The molecule has 17 heavy (non-hydrogen) atoms. The number of aliphatic carboxylic acids is 1. The van der Waals surface area contributed by atoms with E-state index in [1.54, 1.807) is 13.8 Å². The van der Waals surface area contributed by atoms with Crippen LogP contribution < -0.4 is 0 Å². The third-order valence-electron chi connectivity index (χ3n) is 2.80. The zero-order chi connectivity index (χ0) is 13.1. The maximum absolute atomic E-state index is 11.8. The Morgan fingerprint density at radius 2 is 1.94 bits per heavy atom. The van der Waals surface area contributed by atoms with Gasteiger partial charge in [0.2, 0.25) is 10.0 Å². The molecule has 0 saturated carbocycles. The van der Waals surface area contributed by atoms with Gasteiger partial charge in [-0.1, -0.05) is 0 Å². The molecule has 1 saturated heterocycles. The van der Waals surface area contributed by atoms with E-state index in [2.05, 4.69) is 0 Å². The van der Waals surface area contributed by atoms with Gasteiger partial charge in [0, 0.05) is 13.1 Å². The van der Waals surface area contributed by atoms with Gasteiger partial charge in [-0.2, -0.15) is 0 Å². The van der Waals surface area contributed by atoms with Crippen molar-refractivity contribution < 1.29 is 23.1 Å².